The van der Waals surface area contributed by atoms with E-state index in [2.05, 4.69) is 23.7 Å². The number of aromatic nitrogens is 1. The Balaban J connectivity index is 1.51. The number of amides is 4. The third-order valence-electron chi connectivity index (χ3n) is 6.82. The van der Waals surface area contributed by atoms with Crippen molar-refractivity contribution in [3.05, 3.63) is 106 Å². The summed E-state index contributed by atoms with van der Waals surface area (Å²) in [4.78, 5) is 39.9. The summed E-state index contributed by atoms with van der Waals surface area (Å²) in [6.07, 6.45) is 4.45. The van der Waals surface area contributed by atoms with Gasteiger partial charge in [-0.1, -0.05) is 67.9 Å². The van der Waals surface area contributed by atoms with Crippen LogP contribution in [0.5, 0.6) is 0 Å². The zero-order chi connectivity index (χ0) is 26.1. The zero-order valence-corrected chi connectivity index (χ0v) is 21.3. The smallest absolute Gasteiger partial charge is 0.335 e. The van der Waals surface area contributed by atoms with Gasteiger partial charge in [0, 0.05) is 34.2 Å². The van der Waals surface area contributed by atoms with Crippen molar-refractivity contribution >= 4 is 52.1 Å². The quantitative estimate of drug-likeness (QED) is 0.236. The van der Waals surface area contributed by atoms with E-state index in [1.165, 1.54) is 0 Å². The van der Waals surface area contributed by atoms with Gasteiger partial charge in [0.15, 0.2) is 0 Å². The Bertz CT molecular complexity index is 1530. The predicted octanol–water partition coefficient (Wildman–Crippen LogP) is 6.52. The number of rotatable bonds is 6. The second kappa shape index (κ2) is 10.1. The lowest BCUT2D eigenvalue weighted by atomic mass is 9.98. The van der Waals surface area contributed by atoms with E-state index in [1.807, 2.05) is 66.9 Å². The third-order valence-corrected chi connectivity index (χ3v) is 7.07. The fourth-order valence-electron chi connectivity index (χ4n) is 4.54. The monoisotopic (exact) mass is 511 g/mol. The second-order valence-corrected chi connectivity index (χ2v) is 9.65. The van der Waals surface area contributed by atoms with Gasteiger partial charge in [-0.2, -0.15) is 0 Å². The number of hydrogen-bond acceptors (Lipinski definition) is 3. The highest BCUT2D eigenvalue weighted by atomic mass is 35.5. The van der Waals surface area contributed by atoms with Crippen LogP contribution in [0.25, 0.3) is 17.0 Å². The van der Waals surface area contributed by atoms with Crippen LogP contribution in [0.3, 0.4) is 0 Å². The van der Waals surface area contributed by atoms with Gasteiger partial charge in [0.1, 0.15) is 5.57 Å². The molecule has 1 atom stereocenters. The number of halogens is 1. The van der Waals surface area contributed by atoms with E-state index in [4.69, 9.17) is 11.6 Å². The van der Waals surface area contributed by atoms with Gasteiger partial charge < -0.3 is 4.57 Å². The van der Waals surface area contributed by atoms with Crippen molar-refractivity contribution in [2.24, 2.45) is 0 Å². The number of nitrogens with zero attached hydrogens (tertiary/aromatic N) is 2. The Labute approximate surface area is 220 Å². The average Bonchev–Trinajstić information content (AvgIpc) is 3.24. The maximum Gasteiger partial charge on any atom is 0.335 e. The zero-order valence-electron chi connectivity index (χ0n) is 20.6. The van der Waals surface area contributed by atoms with Crippen molar-refractivity contribution in [2.45, 2.75) is 32.7 Å². The Kier molecular flexibility index (Phi) is 6.68. The summed E-state index contributed by atoms with van der Waals surface area (Å²) in [5.74, 6) is -1.00. The van der Waals surface area contributed by atoms with Crippen molar-refractivity contribution in [3.8, 4) is 0 Å². The first-order chi connectivity index (χ1) is 17.9. The van der Waals surface area contributed by atoms with E-state index in [1.54, 1.807) is 18.2 Å². The fraction of sp³-hybridized carbons (Fsp3) is 0.167. The Morgan fingerprint density at radius 2 is 1.65 bits per heavy atom. The first-order valence-corrected chi connectivity index (χ1v) is 12.6. The molecule has 1 unspecified atom stereocenters. The molecule has 0 spiro atoms. The number of nitrogens with one attached hydrogen (secondary N) is 1. The molecule has 5 rings (SSSR count). The standard InChI is InChI=1S/C30H26ClN3O3/c1-3-19(2)21-10-14-24(15-11-21)34-29(36)26(28(35)32-30(34)37)16-22-18-33(27-7-5-4-6-25(22)27)17-20-8-12-23(31)13-9-20/h4-16,18-19H,3,17H2,1-2H3,(H,32,35,37)/b26-16-. The van der Waals surface area contributed by atoms with Gasteiger partial charge in [-0.3, -0.25) is 14.9 Å². The van der Waals surface area contributed by atoms with Crippen LogP contribution in [0.4, 0.5) is 10.5 Å². The minimum atomic E-state index is -0.756. The first-order valence-electron chi connectivity index (χ1n) is 12.2. The second-order valence-electron chi connectivity index (χ2n) is 9.21. The number of urea groups is 1. The van der Waals surface area contributed by atoms with Crippen LogP contribution in [0, 0.1) is 0 Å². The number of imide groups is 2. The summed E-state index contributed by atoms with van der Waals surface area (Å²) in [5, 5.41) is 3.88. The summed E-state index contributed by atoms with van der Waals surface area (Å²) < 4.78 is 2.06. The molecule has 1 aliphatic heterocycles. The van der Waals surface area contributed by atoms with E-state index in [-0.39, 0.29) is 5.57 Å². The molecule has 1 fully saturated rings. The van der Waals surface area contributed by atoms with Gasteiger partial charge in [-0.15, -0.1) is 0 Å². The van der Waals surface area contributed by atoms with E-state index < -0.39 is 17.8 Å². The lowest BCUT2D eigenvalue weighted by molar-refractivity contribution is -0.122. The van der Waals surface area contributed by atoms with Crippen molar-refractivity contribution in [3.63, 3.8) is 0 Å². The Hall–Kier alpha value is -4.16. The van der Waals surface area contributed by atoms with Gasteiger partial charge in [0.25, 0.3) is 11.8 Å². The van der Waals surface area contributed by atoms with Crippen LogP contribution in [-0.4, -0.2) is 22.4 Å². The molecule has 4 aromatic rings. The molecular formula is C30H26ClN3O3. The van der Waals surface area contributed by atoms with Crippen LogP contribution in [0.15, 0.2) is 84.6 Å². The first kappa shape index (κ1) is 24.5. The Morgan fingerprint density at radius 3 is 2.35 bits per heavy atom. The number of anilines is 1. The lowest BCUT2D eigenvalue weighted by Crippen LogP contribution is -2.54. The SMILES string of the molecule is CCC(C)c1ccc(N2C(=O)NC(=O)/C(=C/c3cn(Cc4ccc(Cl)cc4)c4ccccc34)C2=O)cc1. The van der Waals surface area contributed by atoms with Crippen LogP contribution in [0.1, 0.15) is 42.9 Å². The highest BCUT2D eigenvalue weighted by Gasteiger charge is 2.37. The minimum Gasteiger partial charge on any atom is -0.342 e. The number of carbonyl (C=O) groups is 3. The molecule has 1 aromatic heterocycles. The van der Waals surface area contributed by atoms with E-state index in [9.17, 15) is 14.4 Å². The maximum absolute atomic E-state index is 13.4. The number of fused-ring (bicyclic) bond motifs is 1. The molecular weight excluding hydrogens is 486 g/mol. The van der Waals surface area contributed by atoms with Crippen LogP contribution in [-0.2, 0) is 16.1 Å². The number of hydrogen-bond donors (Lipinski definition) is 1. The molecule has 2 heterocycles. The molecule has 0 saturated carbocycles. The molecule has 6 nitrogen and oxygen atoms in total. The largest absolute Gasteiger partial charge is 0.342 e. The molecule has 1 saturated heterocycles. The van der Waals surface area contributed by atoms with Crippen LogP contribution < -0.4 is 10.2 Å². The van der Waals surface area contributed by atoms with E-state index in [0.29, 0.717) is 28.7 Å². The predicted molar refractivity (Wildman–Crippen MR) is 147 cm³/mol. The fourth-order valence-corrected chi connectivity index (χ4v) is 4.67. The molecule has 3 aromatic carbocycles. The molecule has 0 aliphatic carbocycles. The topological polar surface area (TPSA) is 71.4 Å². The van der Waals surface area contributed by atoms with Gasteiger partial charge in [0.05, 0.1) is 5.69 Å². The Morgan fingerprint density at radius 1 is 0.946 bits per heavy atom. The third kappa shape index (κ3) is 4.80. The van der Waals surface area contributed by atoms with Gasteiger partial charge in [0.2, 0.25) is 0 Å². The summed E-state index contributed by atoms with van der Waals surface area (Å²) in [6.45, 7) is 4.82. The number of para-hydroxylation sites is 1. The molecule has 1 N–H and O–H groups in total. The van der Waals surface area contributed by atoms with Crippen molar-refractivity contribution in [1.29, 1.82) is 0 Å². The summed E-state index contributed by atoms with van der Waals surface area (Å²) in [5.41, 5.74) is 4.18. The number of carbonyl (C=O) groups excluding carboxylic acids is 3. The molecule has 37 heavy (non-hydrogen) atoms. The normalized spacial score (nSPS) is 15.9. The van der Waals surface area contributed by atoms with E-state index >= 15 is 0 Å². The van der Waals surface area contributed by atoms with Crippen molar-refractivity contribution in [1.82, 2.24) is 9.88 Å². The average molecular weight is 512 g/mol. The van der Waals surface area contributed by atoms with Gasteiger partial charge in [-0.05, 0) is 59.9 Å². The molecule has 1 aliphatic rings. The minimum absolute atomic E-state index is 0.0972. The van der Waals surface area contributed by atoms with Crippen molar-refractivity contribution < 1.29 is 14.4 Å². The van der Waals surface area contributed by atoms with Crippen LogP contribution >= 0.6 is 11.6 Å². The van der Waals surface area contributed by atoms with E-state index in [0.717, 1.165) is 33.4 Å². The highest BCUT2D eigenvalue weighted by Crippen LogP contribution is 2.28. The van der Waals surface area contributed by atoms with Gasteiger partial charge >= 0.3 is 6.03 Å². The maximum atomic E-state index is 13.4. The van der Waals surface area contributed by atoms with Crippen LogP contribution in [0.2, 0.25) is 5.02 Å². The van der Waals surface area contributed by atoms with Crippen molar-refractivity contribution in [2.75, 3.05) is 4.90 Å². The number of barbiturate groups is 1. The lowest BCUT2D eigenvalue weighted by Gasteiger charge is -2.26. The summed E-state index contributed by atoms with van der Waals surface area (Å²) in [7, 11) is 0. The molecule has 4 amide bonds. The molecule has 7 heteroatoms. The molecule has 0 bridgehead atoms. The summed E-state index contributed by atoms with van der Waals surface area (Å²) in [6, 6.07) is 22.0. The highest BCUT2D eigenvalue weighted by molar-refractivity contribution is 6.39. The molecule has 0 radical (unpaired) electrons. The number of benzene rings is 3. The van der Waals surface area contributed by atoms with Gasteiger partial charge in [-0.25, -0.2) is 9.69 Å². The summed E-state index contributed by atoms with van der Waals surface area (Å²) >= 11 is 6.03. The molecule has 186 valence electrons.